The first-order valence-corrected chi connectivity index (χ1v) is 11.5. The lowest BCUT2D eigenvalue weighted by Crippen LogP contribution is -2.19. The minimum Gasteiger partial charge on any atom is -0.379 e. The van der Waals surface area contributed by atoms with E-state index < -0.39 is 0 Å². The fourth-order valence-corrected chi connectivity index (χ4v) is 4.52. The zero-order valence-corrected chi connectivity index (χ0v) is 18.7. The third-order valence-electron chi connectivity index (χ3n) is 3.79. The van der Waals surface area contributed by atoms with Gasteiger partial charge in [-0.15, -0.1) is 22.7 Å². The summed E-state index contributed by atoms with van der Waals surface area (Å²) >= 11 is 15.4. The van der Waals surface area contributed by atoms with Crippen molar-refractivity contribution in [1.82, 2.24) is 4.98 Å². The summed E-state index contributed by atoms with van der Waals surface area (Å²) in [5.41, 5.74) is 7.33. The first kappa shape index (κ1) is 22.2. The van der Waals surface area contributed by atoms with Crippen LogP contribution < -0.4 is 11.1 Å². The molecule has 0 amide bonds. The molecule has 1 atom stereocenters. The van der Waals surface area contributed by atoms with E-state index in [-0.39, 0.29) is 0 Å². The van der Waals surface area contributed by atoms with Gasteiger partial charge in [-0.05, 0) is 30.7 Å². The molecule has 3 aromatic rings. The molecule has 1 aliphatic rings. The monoisotopic (exact) mass is 441 g/mol. The molecular weight excluding hydrogens is 417 g/mol. The summed E-state index contributed by atoms with van der Waals surface area (Å²) in [6, 6.07) is 6.42. The zero-order valence-electron chi connectivity index (χ0n) is 15.5. The molecule has 0 saturated carbocycles. The summed E-state index contributed by atoms with van der Waals surface area (Å²) in [6.07, 6.45) is 7.80. The molecule has 4 rings (SSSR count). The molecule has 3 nitrogen and oxygen atoms in total. The van der Waals surface area contributed by atoms with Crippen molar-refractivity contribution in [1.29, 1.82) is 0 Å². The van der Waals surface area contributed by atoms with Crippen molar-refractivity contribution >= 4 is 61.8 Å². The third-order valence-corrected chi connectivity index (χ3v) is 6.28. The molecule has 0 radical (unpaired) electrons. The Morgan fingerprint density at radius 2 is 2.07 bits per heavy atom. The number of pyridine rings is 1. The average Bonchev–Trinajstić information content (AvgIpc) is 3.33. The number of nitrogens with two attached hydrogens (primary N) is 1. The highest BCUT2D eigenvalue weighted by atomic mass is 35.5. The van der Waals surface area contributed by atoms with E-state index in [4.69, 9.17) is 28.9 Å². The molecule has 1 unspecified atom stereocenters. The fourth-order valence-electron chi connectivity index (χ4n) is 2.49. The van der Waals surface area contributed by atoms with Crippen molar-refractivity contribution < 1.29 is 0 Å². The van der Waals surface area contributed by atoms with E-state index in [2.05, 4.69) is 33.9 Å². The largest absolute Gasteiger partial charge is 0.379 e. The maximum absolute atomic E-state index is 6.08. The number of nitrogens with zero attached hydrogens (tertiary/aromatic N) is 1. The molecule has 0 bridgehead atoms. The molecule has 3 heterocycles. The van der Waals surface area contributed by atoms with Crippen LogP contribution in [0.15, 0.2) is 41.1 Å². The van der Waals surface area contributed by atoms with Gasteiger partial charge in [-0.2, -0.15) is 0 Å². The normalized spacial score (nSPS) is 15.5. The van der Waals surface area contributed by atoms with E-state index >= 15 is 0 Å². The second-order valence-corrected chi connectivity index (χ2v) is 8.44. The molecule has 0 fully saturated rings. The van der Waals surface area contributed by atoms with E-state index in [1.54, 1.807) is 22.7 Å². The van der Waals surface area contributed by atoms with Crippen LogP contribution in [0.2, 0.25) is 10.2 Å². The summed E-state index contributed by atoms with van der Waals surface area (Å²) in [5, 5.41) is 8.43. The van der Waals surface area contributed by atoms with E-state index in [9.17, 15) is 0 Å². The van der Waals surface area contributed by atoms with Crippen molar-refractivity contribution in [2.45, 2.75) is 45.7 Å². The highest BCUT2D eigenvalue weighted by Gasteiger charge is 2.10. The average molecular weight is 442 g/mol. The summed E-state index contributed by atoms with van der Waals surface area (Å²) in [7, 11) is 0. The Hall–Kier alpha value is -1.11. The Morgan fingerprint density at radius 3 is 2.67 bits per heavy atom. The maximum atomic E-state index is 6.08. The van der Waals surface area contributed by atoms with Crippen LogP contribution in [0.3, 0.4) is 0 Å². The molecule has 27 heavy (non-hydrogen) atoms. The van der Waals surface area contributed by atoms with Gasteiger partial charge in [0.15, 0.2) is 0 Å². The molecule has 3 aromatic heterocycles. The Balaban J connectivity index is 0.000000244. The van der Waals surface area contributed by atoms with Gasteiger partial charge >= 0.3 is 0 Å². The van der Waals surface area contributed by atoms with Crippen molar-refractivity contribution in [3.05, 3.63) is 56.2 Å². The minimum absolute atomic E-state index is 0.449. The van der Waals surface area contributed by atoms with E-state index in [0.29, 0.717) is 16.2 Å². The van der Waals surface area contributed by atoms with Gasteiger partial charge in [0.05, 0.1) is 15.4 Å². The molecule has 7 heteroatoms. The smallest absolute Gasteiger partial charge is 0.131 e. The van der Waals surface area contributed by atoms with Crippen LogP contribution in [0.5, 0.6) is 0 Å². The Morgan fingerprint density at radius 1 is 1.26 bits per heavy atom. The predicted octanol–water partition coefficient (Wildman–Crippen LogP) is 7.36. The number of allylic oxidation sites excluding steroid dienone is 1. The lowest BCUT2D eigenvalue weighted by atomic mass is 10.0. The van der Waals surface area contributed by atoms with Crippen LogP contribution in [0, 0.1) is 0 Å². The zero-order chi connectivity index (χ0) is 19.6. The number of aromatic nitrogens is 1. The molecule has 0 saturated heterocycles. The maximum Gasteiger partial charge on any atom is 0.131 e. The van der Waals surface area contributed by atoms with Crippen LogP contribution in [0.1, 0.15) is 38.0 Å². The fraction of sp³-hybridized carbons (Fsp3) is 0.350. The summed E-state index contributed by atoms with van der Waals surface area (Å²) < 4.78 is 1.04. The van der Waals surface area contributed by atoms with Gasteiger partial charge < -0.3 is 11.1 Å². The van der Waals surface area contributed by atoms with Gasteiger partial charge in [-0.1, -0.05) is 55.3 Å². The highest BCUT2D eigenvalue weighted by Crippen LogP contribution is 2.35. The summed E-state index contributed by atoms with van der Waals surface area (Å²) in [4.78, 5) is 5.52. The van der Waals surface area contributed by atoms with Gasteiger partial charge in [0, 0.05) is 28.9 Å². The number of nitrogens with one attached hydrogen (secondary N) is 1. The van der Waals surface area contributed by atoms with Gasteiger partial charge in [-0.25, -0.2) is 4.98 Å². The first-order valence-electron chi connectivity index (χ1n) is 9.03. The van der Waals surface area contributed by atoms with Crippen molar-refractivity contribution in [2.24, 2.45) is 5.73 Å². The second-order valence-electron chi connectivity index (χ2n) is 5.73. The molecule has 0 aliphatic heterocycles. The number of rotatable bonds is 3. The molecule has 0 aromatic carbocycles. The van der Waals surface area contributed by atoms with Crippen LogP contribution in [0.4, 0.5) is 5.69 Å². The van der Waals surface area contributed by atoms with Crippen LogP contribution in [0.25, 0.3) is 10.2 Å². The first-order chi connectivity index (χ1) is 13.1. The van der Waals surface area contributed by atoms with Crippen LogP contribution >= 0.6 is 45.9 Å². The van der Waals surface area contributed by atoms with Crippen molar-refractivity contribution in [3.63, 3.8) is 0 Å². The lowest BCUT2D eigenvalue weighted by molar-refractivity contribution is 0.606. The summed E-state index contributed by atoms with van der Waals surface area (Å²) in [6.45, 7) is 4.78. The van der Waals surface area contributed by atoms with Crippen molar-refractivity contribution in [2.75, 3.05) is 5.32 Å². The Bertz CT molecular complexity index is 844. The molecule has 0 spiro atoms. The number of hydrogen-bond acceptors (Lipinski definition) is 5. The van der Waals surface area contributed by atoms with E-state index in [1.165, 1.54) is 17.7 Å². The summed E-state index contributed by atoms with van der Waals surface area (Å²) in [5.74, 6) is 0. The minimum atomic E-state index is 0.449. The second kappa shape index (κ2) is 11.7. The van der Waals surface area contributed by atoms with Gasteiger partial charge in [0.1, 0.15) is 10.7 Å². The van der Waals surface area contributed by atoms with Gasteiger partial charge in [-0.3, -0.25) is 0 Å². The van der Waals surface area contributed by atoms with Crippen LogP contribution in [-0.4, -0.2) is 11.0 Å². The number of anilines is 1. The SMILES string of the molecule is CC.Clc1cc(NCc2cccs2)c2scc(Cl)c2n1.NC1CC=CCC1. The lowest BCUT2D eigenvalue weighted by Gasteiger charge is -2.09. The van der Waals surface area contributed by atoms with Crippen LogP contribution in [-0.2, 0) is 6.54 Å². The van der Waals surface area contributed by atoms with E-state index in [1.807, 2.05) is 31.4 Å². The third kappa shape index (κ3) is 6.77. The van der Waals surface area contributed by atoms with E-state index in [0.717, 1.165) is 28.9 Å². The van der Waals surface area contributed by atoms with Gasteiger partial charge in [0.2, 0.25) is 0 Å². The molecule has 3 N–H and O–H groups in total. The topological polar surface area (TPSA) is 50.9 Å². The quantitative estimate of drug-likeness (QED) is 0.329. The predicted molar refractivity (Wildman–Crippen MR) is 124 cm³/mol. The number of halogens is 2. The number of hydrogen-bond donors (Lipinski definition) is 2. The number of thiophene rings is 2. The Labute approximate surface area is 179 Å². The standard InChI is InChI=1S/C12H8Cl2N2S2.C6H11N.C2H6/c13-8-6-18-12-9(4-10(14)16-11(8)12)15-5-7-2-1-3-17-7;7-6-4-2-1-3-5-6;1-2/h1-4,6H,5H2,(H,15,16);1-2,6H,3-5,7H2;1-2H3. The molecule has 1 aliphatic carbocycles. The highest BCUT2D eigenvalue weighted by molar-refractivity contribution is 7.18. The number of fused-ring (bicyclic) bond motifs is 1. The van der Waals surface area contributed by atoms with Crippen molar-refractivity contribution in [3.8, 4) is 0 Å². The van der Waals surface area contributed by atoms with Gasteiger partial charge in [0.25, 0.3) is 0 Å². The molecule has 146 valence electrons. The molecular formula is C20H25Cl2N3S2. The Kier molecular flexibility index (Phi) is 9.59.